The van der Waals surface area contributed by atoms with Crippen LogP contribution in [0.25, 0.3) is 11.6 Å². The summed E-state index contributed by atoms with van der Waals surface area (Å²) in [4.78, 5) is 24.2. The van der Waals surface area contributed by atoms with Crippen molar-refractivity contribution in [3.05, 3.63) is 114 Å². The Balaban J connectivity index is 1.40. The molecule has 0 heterocycles. The Hall–Kier alpha value is -3.72. The van der Waals surface area contributed by atoms with Gasteiger partial charge in [0.1, 0.15) is 5.75 Å². The molecule has 3 aromatic carbocycles. The summed E-state index contributed by atoms with van der Waals surface area (Å²) < 4.78 is 5.42. The van der Waals surface area contributed by atoms with Gasteiger partial charge in [-0.3, -0.25) is 9.59 Å². The summed E-state index contributed by atoms with van der Waals surface area (Å²) in [5.41, 5.74) is 4.99. The molecule has 3 rings (SSSR count). The minimum atomic E-state index is -0.231. The van der Waals surface area contributed by atoms with Crippen LogP contribution in [0.2, 0.25) is 0 Å². The van der Waals surface area contributed by atoms with Gasteiger partial charge >= 0.3 is 5.97 Å². The van der Waals surface area contributed by atoms with Crippen LogP contribution in [0.5, 0.6) is 5.75 Å². The van der Waals surface area contributed by atoms with Crippen LogP contribution in [0.3, 0.4) is 0 Å². The van der Waals surface area contributed by atoms with E-state index in [4.69, 9.17) is 4.74 Å². The van der Waals surface area contributed by atoms with Gasteiger partial charge in [-0.15, -0.1) is 0 Å². The molecule has 0 N–H and O–H groups in total. The van der Waals surface area contributed by atoms with E-state index < -0.39 is 0 Å². The Morgan fingerprint density at radius 3 is 2.19 bits per heavy atom. The average molecular weight is 425 g/mol. The van der Waals surface area contributed by atoms with Crippen LogP contribution in [-0.2, 0) is 11.2 Å². The SMILES string of the molecule is C=C(C)c1ccc(CCCCC(=O)Oc2ccc(C=CC(=O)c3ccccc3)cc2)cc1. The number of benzene rings is 3. The van der Waals surface area contributed by atoms with E-state index in [-0.39, 0.29) is 11.8 Å². The van der Waals surface area contributed by atoms with Crippen molar-refractivity contribution in [2.75, 3.05) is 0 Å². The molecule has 162 valence electrons. The zero-order valence-electron chi connectivity index (χ0n) is 18.4. The third-order valence-corrected chi connectivity index (χ3v) is 5.14. The first kappa shape index (κ1) is 23.0. The van der Waals surface area contributed by atoms with Crippen LogP contribution in [-0.4, -0.2) is 11.8 Å². The van der Waals surface area contributed by atoms with Gasteiger partial charge in [-0.2, -0.15) is 0 Å². The number of hydrogen-bond acceptors (Lipinski definition) is 3. The summed E-state index contributed by atoms with van der Waals surface area (Å²) in [6.45, 7) is 5.95. The van der Waals surface area contributed by atoms with Crippen molar-refractivity contribution in [2.24, 2.45) is 0 Å². The lowest BCUT2D eigenvalue weighted by Gasteiger charge is -2.06. The number of ketones is 1. The zero-order chi connectivity index (χ0) is 22.8. The first-order valence-corrected chi connectivity index (χ1v) is 10.8. The number of allylic oxidation sites excluding steroid dienone is 2. The third kappa shape index (κ3) is 7.21. The summed E-state index contributed by atoms with van der Waals surface area (Å²) >= 11 is 0. The number of unbranched alkanes of at least 4 members (excludes halogenated alkanes) is 1. The summed E-state index contributed by atoms with van der Waals surface area (Å²) in [6, 6.07) is 24.7. The molecule has 0 aliphatic heterocycles. The number of hydrogen-bond donors (Lipinski definition) is 0. The molecule has 0 amide bonds. The van der Waals surface area contributed by atoms with Crippen LogP contribution < -0.4 is 4.74 Å². The largest absolute Gasteiger partial charge is 0.427 e. The molecule has 0 bridgehead atoms. The van der Waals surface area contributed by atoms with Gasteiger partial charge in [0.15, 0.2) is 5.78 Å². The lowest BCUT2D eigenvalue weighted by atomic mass is 10.0. The van der Waals surface area contributed by atoms with Crippen LogP contribution in [0, 0.1) is 0 Å². The second-order valence-corrected chi connectivity index (χ2v) is 7.79. The van der Waals surface area contributed by atoms with E-state index in [1.165, 1.54) is 5.56 Å². The van der Waals surface area contributed by atoms with Crippen LogP contribution in [0.15, 0.2) is 91.5 Å². The molecule has 0 fully saturated rings. The number of esters is 1. The van der Waals surface area contributed by atoms with E-state index in [0.717, 1.165) is 36.0 Å². The summed E-state index contributed by atoms with van der Waals surface area (Å²) in [5, 5.41) is 0. The summed E-state index contributed by atoms with van der Waals surface area (Å²) in [6.07, 6.45) is 6.33. The van der Waals surface area contributed by atoms with Gasteiger partial charge in [-0.25, -0.2) is 0 Å². The van der Waals surface area contributed by atoms with Gasteiger partial charge in [-0.05, 0) is 61.1 Å². The Morgan fingerprint density at radius 2 is 1.53 bits per heavy atom. The number of aryl methyl sites for hydroxylation is 1. The van der Waals surface area contributed by atoms with Crippen molar-refractivity contribution in [1.29, 1.82) is 0 Å². The summed E-state index contributed by atoms with van der Waals surface area (Å²) in [7, 11) is 0. The van der Waals surface area contributed by atoms with Crippen LogP contribution in [0.1, 0.15) is 53.2 Å². The maximum absolute atomic E-state index is 12.1. The van der Waals surface area contributed by atoms with Crippen LogP contribution in [0.4, 0.5) is 0 Å². The quantitative estimate of drug-likeness (QED) is 0.116. The third-order valence-electron chi connectivity index (χ3n) is 5.14. The first-order chi connectivity index (χ1) is 15.5. The van der Waals surface area contributed by atoms with Gasteiger partial charge < -0.3 is 4.74 Å². The Kier molecular flexibility index (Phi) is 8.33. The van der Waals surface area contributed by atoms with E-state index in [1.807, 2.05) is 37.3 Å². The number of carbonyl (C=O) groups is 2. The number of rotatable bonds is 10. The Bertz CT molecular complexity index is 1080. The number of carbonyl (C=O) groups excluding carboxylic acids is 2. The first-order valence-electron chi connectivity index (χ1n) is 10.8. The van der Waals surface area contributed by atoms with Gasteiger partial charge in [0, 0.05) is 12.0 Å². The fourth-order valence-electron chi connectivity index (χ4n) is 3.25. The molecule has 0 atom stereocenters. The van der Waals surface area contributed by atoms with Crippen molar-refractivity contribution in [1.82, 2.24) is 0 Å². The molecule has 0 saturated carbocycles. The van der Waals surface area contributed by atoms with Gasteiger partial charge in [0.05, 0.1) is 0 Å². The fraction of sp³-hybridized carbons (Fsp3) is 0.172. The molecule has 3 aromatic rings. The molecule has 3 nitrogen and oxygen atoms in total. The lowest BCUT2D eigenvalue weighted by molar-refractivity contribution is -0.134. The molecule has 0 unspecified atom stereocenters. The van der Waals surface area contributed by atoms with Crippen molar-refractivity contribution in [2.45, 2.75) is 32.6 Å². The predicted molar refractivity (Wildman–Crippen MR) is 131 cm³/mol. The standard InChI is InChI=1S/C29H28O3/c1-22(2)25-17-12-23(13-18-25)8-6-7-11-29(31)32-27-19-14-24(15-20-27)16-21-28(30)26-9-4-3-5-10-26/h3-5,9-10,12-21H,1,6-8,11H2,2H3. The van der Waals surface area contributed by atoms with Gasteiger partial charge in [0.25, 0.3) is 0 Å². The highest BCUT2D eigenvalue weighted by Gasteiger charge is 2.05. The molecule has 32 heavy (non-hydrogen) atoms. The van der Waals surface area contributed by atoms with Crippen LogP contribution >= 0.6 is 0 Å². The molecular formula is C29H28O3. The molecule has 0 spiro atoms. The molecule has 3 heteroatoms. The van der Waals surface area contributed by atoms with Crippen molar-refractivity contribution in [3.63, 3.8) is 0 Å². The van der Waals surface area contributed by atoms with E-state index in [9.17, 15) is 9.59 Å². The Morgan fingerprint density at radius 1 is 0.844 bits per heavy atom. The topological polar surface area (TPSA) is 43.4 Å². The fourth-order valence-corrected chi connectivity index (χ4v) is 3.25. The summed E-state index contributed by atoms with van der Waals surface area (Å²) in [5.74, 6) is 0.231. The zero-order valence-corrected chi connectivity index (χ0v) is 18.4. The molecule has 0 radical (unpaired) electrons. The van der Waals surface area contributed by atoms with Gasteiger partial charge in [0.2, 0.25) is 0 Å². The van der Waals surface area contributed by atoms with E-state index in [2.05, 4.69) is 30.8 Å². The monoisotopic (exact) mass is 424 g/mol. The van der Waals surface area contributed by atoms with E-state index in [0.29, 0.717) is 17.7 Å². The minimum absolute atomic E-state index is 0.0483. The van der Waals surface area contributed by atoms with Crippen molar-refractivity contribution < 1.29 is 14.3 Å². The lowest BCUT2D eigenvalue weighted by Crippen LogP contribution is -2.07. The molecule has 0 aliphatic rings. The van der Waals surface area contributed by atoms with E-state index >= 15 is 0 Å². The van der Waals surface area contributed by atoms with Gasteiger partial charge in [-0.1, -0.05) is 85.0 Å². The highest BCUT2D eigenvalue weighted by molar-refractivity contribution is 6.06. The van der Waals surface area contributed by atoms with Crippen molar-refractivity contribution >= 4 is 23.4 Å². The molecule has 0 aliphatic carbocycles. The number of ether oxygens (including phenoxy) is 1. The van der Waals surface area contributed by atoms with E-state index in [1.54, 1.807) is 36.4 Å². The smallest absolute Gasteiger partial charge is 0.311 e. The Labute approximate surface area is 190 Å². The molecule has 0 saturated heterocycles. The maximum atomic E-state index is 12.1. The molecule has 0 aromatic heterocycles. The normalized spacial score (nSPS) is 10.8. The molecular weight excluding hydrogens is 396 g/mol. The second kappa shape index (κ2) is 11.6. The minimum Gasteiger partial charge on any atom is -0.427 e. The average Bonchev–Trinajstić information content (AvgIpc) is 2.82. The highest BCUT2D eigenvalue weighted by Crippen LogP contribution is 2.16. The second-order valence-electron chi connectivity index (χ2n) is 7.79. The highest BCUT2D eigenvalue weighted by atomic mass is 16.5. The maximum Gasteiger partial charge on any atom is 0.311 e. The van der Waals surface area contributed by atoms with Crippen molar-refractivity contribution in [3.8, 4) is 5.75 Å². The predicted octanol–water partition coefficient (Wildman–Crippen LogP) is 6.93.